The molecule has 145 valence electrons. The number of hydrogen-bond acceptors (Lipinski definition) is 0. The Hall–Kier alpha value is -2.19. The average molecular weight is 527 g/mol. The third kappa shape index (κ3) is 9.71. The van der Waals surface area contributed by atoms with E-state index < -0.39 is 19.8 Å². The monoisotopic (exact) mass is 528 g/mol. The minimum absolute atomic E-state index is 0. The van der Waals surface area contributed by atoms with Crippen molar-refractivity contribution >= 4 is 30.5 Å². The van der Waals surface area contributed by atoms with Gasteiger partial charge in [0, 0.05) is 17.1 Å². The van der Waals surface area contributed by atoms with Crippen LogP contribution in [0.2, 0.25) is 0 Å². The van der Waals surface area contributed by atoms with Crippen LogP contribution < -0.4 is 10.7 Å². The van der Waals surface area contributed by atoms with Crippen LogP contribution in [-0.4, -0.2) is 19.8 Å². The van der Waals surface area contributed by atoms with Gasteiger partial charge in [0.25, 0.3) is 0 Å². The van der Waals surface area contributed by atoms with Gasteiger partial charge in [-0.05, 0) is 0 Å². The molecule has 2 nitrogen and oxygen atoms in total. The molecule has 4 heteroatoms. The predicted molar refractivity (Wildman–Crippen MR) is 114 cm³/mol. The molecule has 4 aromatic rings. The van der Waals surface area contributed by atoms with E-state index >= 15 is 0 Å². The Morgan fingerprint density at radius 3 is 0.966 bits per heavy atom. The Labute approximate surface area is 190 Å². The van der Waals surface area contributed by atoms with E-state index in [4.69, 9.17) is 9.30 Å². The molecule has 0 N–H and O–H groups in total. The summed E-state index contributed by atoms with van der Waals surface area (Å²) in [7, 11) is 0. The minimum atomic E-state index is -1.98. The normalized spacial score (nSPS) is 8.45. The van der Waals surface area contributed by atoms with E-state index in [0.717, 1.165) is 0 Å². The van der Waals surface area contributed by atoms with Gasteiger partial charge in [0.05, 0.1) is 0 Å². The number of hydrogen-bond donors (Lipinski definition) is 0. The van der Waals surface area contributed by atoms with Gasteiger partial charge in [-0.1, -0.05) is 0 Å². The van der Waals surface area contributed by atoms with Gasteiger partial charge in [-0.25, -0.2) is 12.1 Å². The summed E-state index contributed by atoms with van der Waals surface area (Å²) in [5.41, 5.74) is 0. The fourth-order valence-electron chi connectivity index (χ4n) is 2.64. The summed E-state index contributed by atoms with van der Waals surface area (Å²) in [5, 5.41) is 0. The molecule has 0 heterocycles. The van der Waals surface area contributed by atoms with Gasteiger partial charge in [0.2, 0.25) is 0 Å². The molecule has 0 fully saturated rings. The molecule has 1 radical (unpaired) electrons. The van der Waals surface area contributed by atoms with E-state index in [1.165, 1.54) is 10.7 Å². The molecule has 0 saturated heterocycles. The summed E-state index contributed by atoms with van der Waals surface area (Å²) in [6.07, 6.45) is 0. The fraction of sp³-hybridized carbons (Fsp3) is 0. The zero-order chi connectivity index (χ0) is 20.5. The summed E-state index contributed by atoms with van der Waals surface area (Å²) >= 11 is -1.98. The Morgan fingerprint density at radius 1 is 0.483 bits per heavy atom. The summed E-state index contributed by atoms with van der Waals surface area (Å²) in [6, 6.07) is 42.9. The fourth-order valence-corrected chi connectivity index (χ4v) is 9.99. The second-order valence-electron chi connectivity index (χ2n) is 5.44. The third-order valence-corrected chi connectivity index (χ3v) is 11.5. The third-order valence-electron chi connectivity index (χ3n) is 3.74. The van der Waals surface area contributed by atoms with Crippen molar-refractivity contribution < 1.29 is 26.4 Å². The van der Waals surface area contributed by atoms with Crippen molar-refractivity contribution in [2.24, 2.45) is 0 Å². The molecule has 4 aromatic carbocycles. The van der Waals surface area contributed by atoms with Gasteiger partial charge in [0.15, 0.2) is 0 Å². The predicted octanol–water partition coefficient (Wildman–Crippen LogP) is 3.53. The first-order chi connectivity index (χ1) is 13.9. The van der Waals surface area contributed by atoms with Crippen LogP contribution in [0.1, 0.15) is 0 Å². The van der Waals surface area contributed by atoms with E-state index in [0.29, 0.717) is 0 Å². The molecular weight excluding hydrogens is 507 g/mol. The van der Waals surface area contributed by atoms with Crippen molar-refractivity contribution in [2.45, 2.75) is 0 Å². The Kier molecular flexibility index (Phi) is 16.5. The van der Waals surface area contributed by atoms with E-state index in [9.17, 15) is 0 Å². The molecule has 0 aliphatic rings. The molecule has 0 spiro atoms. The van der Waals surface area contributed by atoms with Crippen molar-refractivity contribution in [1.29, 1.82) is 0 Å². The maximum absolute atomic E-state index is 7.50. The first-order valence-corrected chi connectivity index (χ1v) is 12.8. The summed E-state index contributed by atoms with van der Waals surface area (Å²) in [4.78, 5) is 0. The summed E-state index contributed by atoms with van der Waals surface area (Å²) in [5.74, 6) is 0. The topological polar surface area (TPSA) is 39.8 Å². The van der Waals surface area contributed by atoms with Crippen LogP contribution in [0.25, 0.3) is 0 Å². The van der Waals surface area contributed by atoms with Crippen molar-refractivity contribution in [2.75, 3.05) is 0 Å². The Morgan fingerprint density at radius 2 is 0.759 bits per heavy atom. The van der Waals surface area contributed by atoms with Crippen LogP contribution in [0.15, 0.2) is 121 Å². The molecule has 0 aromatic heterocycles. The Balaban J connectivity index is 0.000000667. The molecule has 0 amide bonds. The molecule has 0 aliphatic heterocycles. The molecule has 0 atom stereocenters. The van der Waals surface area contributed by atoms with E-state index in [1.54, 1.807) is 0 Å². The second kappa shape index (κ2) is 17.9. The standard InChI is InChI=1S/3C6H5.C5H5.2CO.Fe.Sn/c3*1-2-4-6-5-3-1;1-2-4-5-3-1;2*1-2;;/h3*1-5H;1-5H;;;;/q;;;-1;;;;. The first-order valence-electron chi connectivity index (χ1n) is 8.56. The molecule has 0 saturated carbocycles. The molecule has 0 unspecified atom stereocenters. The van der Waals surface area contributed by atoms with Gasteiger partial charge < -0.3 is 0 Å². The molecule has 0 bridgehead atoms. The molecule has 0 aliphatic carbocycles. The second-order valence-corrected chi connectivity index (χ2v) is 12.5. The number of rotatable bonds is 3. The zero-order valence-electron chi connectivity index (χ0n) is 15.7. The van der Waals surface area contributed by atoms with E-state index in [-0.39, 0.29) is 17.1 Å². The van der Waals surface area contributed by atoms with Crippen molar-refractivity contribution in [3.05, 3.63) is 135 Å². The summed E-state index contributed by atoms with van der Waals surface area (Å²) < 4.78 is 19.6. The quantitative estimate of drug-likeness (QED) is 0.223. The van der Waals surface area contributed by atoms with Gasteiger partial charge in [-0.15, -0.1) is 0 Å². The van der Waals surface area contributed by atoms with Crippen LogP contribution in [0, 0.1) is 13.3 Å². The summed E-state index contributed by atoms with van der Waals surface area (Å²) in [6.45, 7) is 9.00. The molecular formula is C25H20FeO2Sn-. The Bertz CT molecular complexity index is 773. The number of benzene rings is 3. The average Bonchev–Trinajstić information content (AvgIpc) is 3.39. The van der Waals surface area contributed by atoms with E-state index in [2.05, 4.69) is 104 Å². The molecule has 29 heavy (non-hydrogen) atoms. The molecule has 4 rings (SSSR count). The van der Waals surface area contributed by atoms with Crippen LogP contribution in [0.5, 0.6) is 0 Å². The van der Waals surface area contributed by atoms with Crippen molar-refractivity contribution in [3.8, 4) is 0 Å². The van der Waals surface area contributed by atoms with Crippen LogP contribution in [-0.2, 0) is 26.4 Å². The van der Waals surface area contributed by atoms with Crippen LogP contribution in [0.3, 0.4) is 0 Å². The SMILES string of the molecule is [C-]#[O+].[C-]#[O+].[Fe].c1cc[cH-]c1.c1cc[c]([Sn]([c]2ccccc2)[c]2ccccc2)cc1. The van der Waals surface area contributed by atoms with E-state index in [1.807, 2.05) is 30.3 Å². The van der Waals surface area contributed by atoms with Gasteiger partial charge in [0.1, 0.15) is 0 Å². The zero-order valence-corrected chi connectivity index (χ0v) is 19.7. The van der Waals surface area contributed by atoms with Gasteiger partial charge >= 0.3 is 144 Å². The van der Waals surface area contributed by atoms with Crippen molar-refractivity contribution in [1.82, 2.24) is 0 Å². The maximum atomic E-state index is 7.50. The van der Waals surface area contributed by atoms with Crippen LogP contribution in [0.4, 0.5) is 0 Å². The van der Waals surface area contributed by atoms with Crippen LogP contribution >= 0.6 is 0 Å². The first kappa shape index (κ1) is 26.8. The van der Waals surface area contributed by atoms with Gasteiger partial charge in [-0.3, -0.25) is 0 Å². The van der Waals surface area contributed by atoms with Crippen molar-refractivity contribution in [3.63, 3.8) is 0 Å². The van der Waals surface area contributed by atoms with Gasteiger partial charge in [-0.2, -0.15) is 18.2 Å².